The van der Waals surface area contributed by atoms with Crippen LogP contribution in [0.2, 0.25) is 0 Å². The van der Waals surface area contributed by atoms with Gasteiger partial charge in [0.2, 0.25) is 0 Å². The maximum atomic E-state index is 3.15. The molecule has 0 aromatic rings. The van der Waals surface area contributed by atoms with Gasteiger partial charge in [-0.3, -0.25) is 0 Å². The van der Waals surface area contributed by atoms with E-state index in [-0.39, 0.29) is 37.7 Å². The molecular weight excluding hydrogens is 144 g/mol. The van der Waals surface area contributed by atoms with Crippen LogP contribution in [0.15, 0.2) is 0 Å². The van der Waals surface area contributed by atoms with Gasteiger partial charge in [-0.05, 0) is 0 Å². The molecule has 0 radical (unpaired) electrons. The van der Waals surface area contributed by atoms with Crippen LogP contribution in [-0.2, 0) is 0 Å². The molecule has 0 bridgehead atoms. The van der Waals surface area contributed by atoms with E-state index in [1.54, 1.807) is 0 Å². The van der Waals surface area contributed by atoms with Crippen LogP contribution < -0.4 is 0 Å². The summed E-state index contributed by atoms with van der Waals surface area (Å²) in [7, 11) is 0. The van der Waals surface area contributed by atoms with Gasteiger partial charge in [0, 0.05) is 5.33 Å². The summed E-state index contributed by atoms with van der Waals surface area (Å²) in [4.78, 5) is 0. The Bertz CT molecular complexity index is 6.00. The summed E-state index contributed by atoms with van der Waals surface area (Å²) >= 11 is 3.15. The van der Waals surface area contributed by atoms with Gasteiger partial charge in [-0.15, -0.1) is 0 Å². The zero-order chi connectivity index (χ0) is 2.71. The summed E-state index contributed by atoms with van der Waals surface area (Å²) in [5, 5.41) is 1.06. The van der Waals surface area contributed by atoms with Crippen molar-refractivity contribution in [2.45, 2.75) is 6.92 Å². The molecule has 0 saturated carbocycles. The molecule has 0 unspecified atom stereocenters. The Morgan fingerprint density at radius 2 is 1.75 bits per heavy atom. The summed E-state index contributed by atoms with van der Waals surface area (Å²) in [5.74, 6) is 0. The fraction of sp³-hybridized carbons (Fsp3) is 1.00. The standard InChI is InChI=1S/C2H5Br.Ca.2H/c1-2-3;;;/h2H2,1H3;;;. The zero-order valence-corrected chi connectivity index (χ0v) is 3.67. The average molecular weight is 151 g/mol. The van der Waals surface area contributed by atoms with Gasteiger partial charge in [-0.2, -0.15) is 0 Å². The first-order valence-corrected chi connectivity index (χ1v) is 2.10. The molecule has 0 saturated heterocycles. The minimum absolute atomic E-state index is 0. The van der Waals surface area contributed by atoms with Crippen LogP contribution in [0.1, 0.15) is 6.92 Å². The van der Waals surface area contributed by atoms with Crippen molar-refractivity contribution < 1.29 is 0 Å². The fourth-order valence-electron chi connectivity index (χ4n) is 0. The molecule has 2 heteroatoms. The summed E-state index contributed by atoms with van der Waals surface area (Å²) in [5.41, 5.74) is 0. The van der Waals surface area contributed by atoms with Gasteiger partial charge < -0.3 is 0 Å². The number of hydrogen-bond acceptors (Lipinski definition) is 0. The summed E-state index contributed by atoms with van der Waals surface area (Å²) < 4.78 is 0. The summed E-state index contributed by atoms with van der Waals surface area (Å²) in [6.07, 6.45) is 0. The maximum absolute atomic E-state index is 3.15. The van der Waals surface area contributed by atoms with E-state index in [1.165, 1.54) is 0 Å². The van der Waals surface area contributed by atoms with Crippen molar-refractivity contribution in [2.24, 2.45) is 0 Å². The third kappa shape index (κ3) is 9.27. The van der Waals surface area contributed by atoms with E-state index in [1.807, 2.05) is 6.92 Å². The Balaban J connectivity index is 0. The van der Waals surface area contributed by atoms with Crippen LogP contribution in [0.25, 0.3) is 0 Å². The van der Waals surface area contributed by atoms with E-state index < -0.39 is 0 Å². The van der Waals surface area contributed by atoms with Crippen LogP contribution in [0.3, 0.4) is 0 Å². The van der Waals surface area contributed by atoms with Gasteiger partial charge in [0.05, 0.1) is 0 Å². The predicted octanol–water partition coefficient (Wildman–Crippen LogP) is 0.485. The minimum atomic E-state index is 0. The number of hydrogen-bond donors (Lipinski definition) is 0. The normalized spacial score (nSPS) is 4.50. The molecule has 0 aliphatic heterocycles. The van der Waals surface area contributed by atoms with Gasteiger partial charge >= 0.3 is 37.7 Å². The average Bonchev–Trinajstić information content (AvgIpc) is 0.918. The van der Waals surface area contributed by atoms with Crippen LogP contribution in [0.4, 0.5) is 0 Å². The van der Waals surface area contributed by atoms with E-state index in [2.05, 4.69) is 15.9 Å². The van der Waals surface area contributed by atoms with Crippen molar-refractivity contribution in [1.82, 2.24) is 0 Å². The van der Waals surface area contributed by atoms with Crippen LogP contribution in [0.5, 0.6) is 0 Å². The molecule has 0 amide bonds. The molecule has 0 aliphatic carbocycles. The second-order valence-corrected chi connectivity index (χ2v) is 1.39. The Labute approximate surface area is 65.1 Å². The van der Waals surface area contributed by atoms with Crippen molar-refractivity contribution in [3.8, 4) is 0 Å². The number of alkyl halides is 1. The Morgan fingerprint density at radius 3 is 1.75 bits per heavy atom. The molecule has 24 valence electrons. The van der Waals surface area contributed by atoms with E-state index >= 15 is 0 Å². The Morgan fingerprint density at radius 1 is 1.75 bits per heavy atom. The van der Waals surface area contributed by atoms with Crippen LogP contribution in [0, 0.1) is 0 Å². The molecule has 4 heavy (non-hydrogen) atoms. The van der Waals surface area contributed by atoms with Crippen molar-refractivity contribution in [3.05, 3.63) is 0 Å². The molecule has 0 aromatic carbocycles. The molecule has 0 aromatic heterocycles. The van der Waals surface area contributed by atoms with E-state index in [0.717, 1.165) is 5.33 Å². The van der Waals surface area contributed by atoms with Gasteiger partial charge in [0.25, 0.3) is 0 Å². The van der Waals surface area contributed by atoms with Crippen LogP contribution in [-0.4, -0.2) is 43.1 Å². The molecule has 0 heterocycles. The third-order valence-corrected chi connectivity index (χ3v) is 0. The fourth-order valence-corrected chi connectivity index (χ4v) is 0. The van der Waals surface area contributed by atoms with E-state index in [4.69, 9.17) is 0 Å². The molecule has 0 rings (SSSR count). The number of rotatable bonds is 0. The molecular formula is C2H7BrCa. The monoisotopic (exact) mass is 150 g/mol. The number of halogens is 1. The van der Waals surface area contributed by atoms with Gasteiger partial charge in [-0.1, -0.05) is 22.9 Å². The zero-order valence-electron chi connectivity index (χ0n) is 2.09. The molecule has 0 spiro atoms. The van der Waals surface area contributed by atoms with E-state index in [0.29, 0.717) is 0 Å². The van der Waals surface area contributed by atoms with Gasteiger partial charge in [0.1, 0.15) is 0 Å². The first-order chi connectivity index (χ1) is 1.41. The first-order valence-electron chi connectivity index (χ1n) is 0.974. The molecule has 0 atom stereocenters. The quantitative estimate of drug-likeness (QED) is 0.349. The molecule has 0 aliphatic rings. The topological polar surface area (TPSA) is 0 Å². The van der Waals surface area contributed by atoms with Crippen molar-refractivity contribution in [3.63, 3.8) is 0 Å². The predicted molar refractivity (Wildman–Crippen MR) is 28.0 cm³/mol. The Hall–Kier alpha value is 1.74. The molecule has 0 fully saturated rings. The van der Waals surface area contributed by atoms with Crippen molar-refractivity contribution in [2.75, 3.05) is 5.33 Å². The first kappa shape index (κ1) is 9.22. The SMILES string of the molecule is CCBr.[CaH2]. The Kier molecular flexibility index (Phi) is 20.4. The molecule has 0 nitrogen and oxygen atoms in total. The van der Waals surface area contributed by atoms with Crippen molar-refractivity contribution in [1.29, 1.82) is 0 Å². The van der Waals surface area contributed by atoms with Gasteiger partial charge in [0.15, 0.2) is 0 Å². The van der Waals surface area contributed by atoms with Crippen LogP contribution >= 0.6 is 15.9 Å². The molecule has 0 N–H and O–H groups in total. The van der Waals surface area contributed by atoms with Crippen molar-refractivity contribution >= 4 is 53.7 Å². The summed E-state index contributed by atoms with van der Waals surface area (Å²) in [6, 6.07) is 0. The second-order valence-electron chi connectivity index (χ2n) is 0.267. The van der Waals surface area contributed by atoms with Gasteiger partial charge in [-0.25, -0.2) is 0 Å². The van der Waals surface area contributed by atoms with E-state index in [9.17, 15) is 0 Å². The second kappa shape index (κ2) is 8.83. The summed E-state index contributed by atoms with van der Waals surface area (Å²) in [6.45, 7) is 2.04. The third-order valence-electron chi connectivity index (χ3n) is 0.